The first kappa shape index (κ1) is 13.9. The van der Waals surface area contributed by atoms with Crippen molar-refractivity contribution in [3.05, 3.63) is 79.9 Å². The lowest BCUT2D eigenvalue weighted by Gasteiger charge is -2.21. The Morgan fingerprint density at radius 1 is 0.800 bits per heavy atom. The average molecular weight is 264 g/mol. The van der Waals surface area contributed by atoms with E-state index in [0.29, 0.717) is 0 Å². The quantitative estimate of drug-likeness (QED) is 0.735. The largest absolute Gasteiger partial charge is 0.364 e. The van der Waals surface area contributed by atoms with Gasteiger partial charge in [0.15, 0.2) is 0 Å². The van der Waals surface area contributed by atoms with E-state index in [-0.39, 0.29) is 0 Å². The Morgan fingerprint density at radius 3 is 1.90 bits per heavy atom. The van der Waals surface area contributed by atoms with Crippen LogP contribution in [-0.2, 0) is 0 Å². The van der Waals surface area contributed by atoms with Gasteiger partial charge in [0, 0.05) is 30.2 Å². The minimum absolute atomic E-state index is 0.817. The molecule has 102 valence electrons. The molecule has 0 aliphatic carbocycles. The predicted octanol–water partition coefficient (Wildman–Crippen LogP) is 4.61. The molecule has 0 atom stereocenters. The zero-order valence-electron chi connectivity index (χ0n) is 11.6. The van der Waals surface area contributed by atoms with Crippen LogP contribution in [0.3, 0.4) is 0 Å². The van der Waals surface area contributed by atoms with E-state index < -0.39 is 0 Å². The minimum atomic E-state index is 0.817. The summed E-state index contributed by atoms with van der Waals surface area (Å²) in [5.41, 5.74) is 3.34. The second-order valence-corrected chi connectivity index (χ2v) is 4.52. The normalized spacial score (nSPS) is 9.80. The molecular weight excluding hydrogens is 244 g/mol. The summed E-state index contributed by atoms with van der Waals surface area (Å²) in [6.45, 7) is 9.22. The first-order chi connectivity index (χ1) is 9.83. The lowest BCUT2D eigenvalue weighted by molar-refractivity contribution is 0.957. The van der Waals surface area contributed by atoms with Crippen molar-refractivity contribution in [3.63, 3.8) is 0 Å². The van der Waals surface area contributed by atoms with Crippen molar-refractivity contribution in [2.75, 3.05) is 23.3 Å². The Labute approximate surface area is 121 Å². The molecule has 2 aromatic carbocycles. The van der Waals surface area contributed by atoms with Gasteiger partial charge >= 0.3 is 0 Å². The van der Waals surface area contributed by atoms with Crippen molar-refractivity contribution in [1.82, 2.24) is 0 Å². The Bertz CT molecular complexity index is 533. The molecule has 0 heterocycles. The van der Waals surface area contributed by atoms with Crippen LogP contribution in [0.1, 0.15) is 0 Å². The third kappa shape index (κ3) is 3.75. The predicted molar refractivity (Wildman–Crippen MR) is 88.8 cm³/mol. The fraction of sp³-hybridized carbons (Fsp3) is 0.111. The molecule has 0 saturated heterocycles. The van der Waals surface area contributed by atoms with E-state index in [9.17, 15) is 0 Å². The highest BCUT2D eigenvalue weighted by atomic mass is 15.1. The van der Waals surface area contributed by atoms with Crippen molar-refractivity contribution in [2.45, 2.75) is 0 Å². The first-order valence-electron chi connectivity index (χ1n) is 6.72. The van der Waals surface area contributed by atoms with Gasteiger partial charge in [-0.15, -0.1) is 13.2 Å². The van der Waals surface area contributed by atoms with E-state index >= 15 is 0 Å². The topological polar surface area (TPSA) is 15.3 Å². The number of nitrogens with one attached hydrogen (secondary N) is 1. The molecule has 0 fully saturated rings. The monoisotopic (exact) mass is 264 g/mol. The van der Waals surface area contributed by atoms with Crippen LogP contribution in [0.2, 0.25) is 0 Å². The summed E-state index contributed by atoms with van der Waals surface area (Å²) in [5.74, 6) is 0. The summed E-state index contributed by atoms with van der Waals surface area (Å²) in [7, 11) is 0. The van der Waals surface area contributed by atoms with Gasteiger partial charge in [0.25, 0.3) is 0 Å². The van der Waals surface area contributed by atoms with Gasteiger partial charge in [0.1, 0.15) is 0 Å². The molecule has 0 radical (unpaired) electrons. The molecule has 20 heavy (non-hydrogen) atoms. The van der Waals surface area contributed by atoms with Crippen LogP contribution in [0, 0.1) is 0 Å². The highest BCUT2D eigenvalue weighted by molar-refractivity contribution is 5.63. The van der Waals surface area contributed by atoms with Crippen LogP contribution in [0.4, 0.5) is 17.1 Å². The van der Waals surface area contributed by atoms with Gasteiger partial charge in [0.05, 0.1) is 0 Å². The second kappa shape index (κ2) is 7.19. The van der Waals surface area contributed by atoms with Gasteiger partial charge in [-0.25, -0.2) is 0 Å². The number of rotatable bonds is 7. The molecular formula is C18H20N2. The first-order valence-corrected chi connectivity index (χ1v) is 6.72. The summed E-state index contributed by atoms with van der Waals surface area (Å²) in [4.78, 5) is 2.21. The standard InChI is InChI=1S/C18H20N2/c1-3-14-20(15-4-2)18-12-10-17(11-13-18)19-16-8-6-5-7-9-16/h3-13,19H,1-2,14-15H2. The molecule has 0 aliphatic heterocycles. The van der Waals surface area contributed by atoms with Gasteiger partial charge in [-0.2, -0.15) is 0 Å². The molecule has 2 heteroatoms. The van der Waals surface area contributed by atoms with E-state index in [2.05, 4.69) is 59.8 Å². The second-order valence-electron chi connectivity index (χ2n) is 4.52. The number of hydrogen-bond acceptors (Lipinski definition) is 2. The zero-order chi connectivity index (χ0) is 14.2. The molecule has 0 bridgehead atoms. The van der Waals surface area contributed by atoms with Gasteiger partial charge < -0.3 is 10.2 Å². The fourth-order valence-corrected chi connectivity index (χ4v) is 2.04. The SMILES string of the molecule is C=CCN(CC=C)c1ccc(Nc2ccccc2)cc1. The average Bonchev–Trinajstić information content (AvgIpc) is 2.49. The summed E-state index contributed by atoms with van der Waals surface area (Å²) in [5, 5.41) is 3.38. The third-order valence-electron chi connectivity index (χ3n) is 2.99. The molecule has 2 aromatic rings. The van der Waals surface area contributed by atoms with E-state index in [1.54, 1.807) is 0 Å². The summed E-state index contributed by atoms with van der Waals surface area (Å²) >= 11 is 0. The van der Waals surface area contributed by atoms with Crippen molar-refractivity contribution >= 4 is 17.1 Å². The Hall–Kier alpha value is -2.48. The molecule has 1 N–H and O–H groups in total. The van der Waals surface area contributed by atoms with Crippen LogP contribution in [0.25, 0.3) is 0 Å². The van der Waals surface area contributed by atoms with Gasteiger partial charge in [-0.05, 0) is 36.4 Å². The number of anilines is 3. The molecule has 0 aromatic heterocycles. The van der Waals surface area contributed by atoms with Gasteiger partial charge in [-0.3, -0.25) is 0 Å². The number of para-hydroxylation sites is 1. The summed E-state index contributed by atoms with van der Waals surface area (Å²) < 4.78 is 0. The number of hydrogen-bond donors (Lipinski definition) is 1. The van der Waals surface area contributed by atoms with Crippen LogP contribution in [0.5, 0.6) is 0 Å². The molecule has 0 amide bonds. The fourth-order valence-electron chi connectivity index (χ4n) is 2.04. The smallest absolute Gasteiger partial charge is 0.0385 e. The van der Waals surface area contributed by atoms with Crippen LogP contribution in [0.15, 0.2) is 79.9 Å². The lowest BCUT2D eigenvalue weighted by atomic mass is 10.2. The van der Waals surface area contributed by atoms with Gasteiger partial charge in [0.2, 0.25) is 0 Å². The molecule has 0 aliphatic rings. The summed E-state index contributed by atoms with van der Waals surface area (Å²) in [6, 6.07) is 18.5. The maximum atomic E-state index is 3.79. The number of nitrogens with zero attached hydrogens (tertiary/aromatic N) is 1. The van der Waals surface area contributed by atoms with Crippen LogP contribution in [-0.4, -0.2) is 13.1 Å². The Balaban J connectivity index is 2.08. The van der Waals surface area contributed by atoms with E-state index in [1.807, 2.05) is 30.4 Å². The van der Waals surface area contributed by atoms with E-state index in [4.69, 9.17) is 0 Å². The van der Waals surface area contributed by atoms with Crippen LogP contribution >= 0.6 is 0 Å². The highest BCUT2D eigenvalue weighted by Gasteiger charge is 2.02. The molecule has 2 nitrogen and oxygen atoms in total. The summed E-state index contributed by atoms with van der Waals surface area (Å²) in [6.07, 6.45) is 3.80. The maximum Gasteiger partial charge on any atom is 0.0385 e. The maximum absolute atomic E-state index is 3.79. The molecule has 0 unspecified atom stereocenters. The van der Waals surface area contributed by atoms with Crippen molar-refractivity contribution in [1.29, 1.82) is 0 Å². The molecule has 0 saturated carbocycles. The van der Waals surface area contributed by atoms with Crippen molar-refractivity contribution in [2.24, 2.45) is 0 Å². The number of benzene rings is 2. The van der Waals surface area contributed by atoms with Crippen molar-refractivity contribution < 1.29 is 0 Å². The van der Waals surface area contributed by atoms with Crippen LogP contribution < -0.4 is 10.2 Å². The van der Waals surface area contributed by atoms with Crippen molar-refractivity contribution in [3.8, 4) is 0 Å². The molecule has 2 rings (SSSR count). The zero-order valence-corrected chi connectivity index (χ0v) is 11.6. The van der Waals surface area contributed by atoms with E-state index in [1.165, 1.54) is 5.69 Å². The van der Waals surface area contributed by atoms with E-state index in [0.717, 1.165) is 24.5 Å². The third-order valence-corrected chi connectivity index (χ3v) is 2.99. The molecule has 0 spiro atoms. The van der Waals surface area contributed by atoms with Gasteiger partial charge in [-0.1, -0.05) is 30.4 Å². The lowest BCUT2D eigenvalue weighted by Crippen LogP contribution is -2.22. The highest BCUT2D eigenvalue weighted by Crippen LogP contribution is 2.21. The Kier molecular flexibility index (Phi) is 5.01. The Morgan fingerprint density at radius 2 is 1.35 bits per heavy atom. The minimum Gasteiger partial charge on any atom is -0.364 e.